The summed E-state index contributed by atoms with van der Waals surface area (Å²) in [4.78, 5) is 8.54. The summed E-state index contributed by atoms with van der Waals surface area (Å²) in [7, 11) is 1.64. The third-order valence-corrected chi connectivity index (χ3v) is 5.53. The SMILES string of the molecule is COc1ccc(COCc2nc(N)nc(N)c2-c2ccc(NCc3ccc(Cl)cc3)cc2)cc1. The van der Waals surface area contributed by atoms with Crippen molar-refractivity contribution in [3.05, 3.63) is 94.6 Å². The predicted molar refractivity (Wildman–Crippen MR) is 137 cm³/mol. The van der Waals surface area contributed by atoms with Crippen molar-refractivity contribution in [3.63, 3.8) is 0 Å². The monoisotopic (exact) mass is 475 g/mol. The highest BCUT2D eigenvalue weighted by Crippen LogP contribution is 2.30. The van der Waals surface area contributed by atoms with Crippen molar-refractivity contribution in [2.45, 2.75) is 19.8 Å². The van der Waals surface area contributed by atoms with Crippen LogP contribution in [-0.2, 0) is 24.5 Å². The highest BCUT2D eigenvalue weighted by atomic mass is 35.5. The molecule has 4 aromatic rings. The summed E-state index contributed by atoms with van der Waals surface area (Å²) in [5, 5.41) is 4.12. The zero-order valence-electron chi connectivity index (χ0n) is 18.8. The highest BCUT2D eigenvalue weighted by molar-refractivity contribution is 6.30. The number of nitrogen functional groups attached to an aromatic ring is 2. The van der Waals surface area contributed by atoms with Crippen LogP contribution in [0, 0.1) is 0 Å². The van der Waals surface area contributed by atoms with E-state index >= 15 is 0 Å². The average molecular weight is 476 g/mol. The Morgan fingerprint density at radius 2 is 1.50 bits per heavy atom. The van der Waals surface area contributed by atoms with Gasteiger partial charge in [-0.15, -0.1) is 0 Å². The topological polar surface area (TPSA) is 108 Å². The number of nitrogens with one attached hydrogen (secondary N) is 1. The minimum atomic E-state index is 0.116. The number of benzene rings is 3. The van der Waals surface area contributed by atoms with Gasteiger partial charge >= 0.3 is 0 Å². The van der Waals surface area contributed by atoms with Gasteiger partial charge in [-0.2, -0.15) is 4.98 Å². The van der Waals surface area contributed by atoms with Crippen molar-refractivity contribution in [3.8, 4) is 16.9 Å². The van der Waals surface area contributed by atoms with E-state index in [2.05, 4.69) is 15.3 Å². The van der Waals surface area contributed by atoms with Crippen LogP contribution in [0.25, 0.3) is 11.1 Å². The first-order valence-corrected chi connectivity index (χ1v) is 11.1. The van der Waals surface area contributed by atoms with E-state index in [9.17, 15) is 0 Å². The second-order valence-electron chi connectivity index (χ2n) is 7.69. The zero-order chi connectivity index (χ0) is 23.9. The zero-order valence-corrected chi connectivity index (χ0v) is 19.5. The number of halogens is 1. The van der Waals surface area contributed by atoms with Crippen LogP contribution in [0.4, 0.5) is 17.5 Å². The predicted octanol–water partition coefficient (Wildman–Crippen LogP) is 5.30. The lowest BCUT2D eigenvalue weighted by atomic mass is 10.0. The molecule has 3 aromatic carbocycles. The minimum Gasteiger partial charge on any atom is -0.497 e. The number of nitrogens with zero attached hydrogens (tertiary/aromatic N) is 2. The van der Waals surface area contributed by atoms with E-state index in [0.717, 1.165) is 33.1 Å². The Morgan fingerprint density at radius 1 is 0.824 bits per heavy atom. The number of nitrogens with two attached hydrogens (primary N) is 2. The number of methoxy groups -OCH3 is 1. The fraction of sp³-hybridized carbons (Fsp3) is 0.154. The molecule has 174 valence electrons. The Morgan fingerprint density at radius 3 is 2.18 bits per heavy atom. The van der Waals surface area contributed by atoms with Gasteiger partial charge in [0.2, 0.25) is 5.95 Å². The van der Waals surface area contributed by atoms with Crippen LogP contribution in [-0.4, -0.2) is 17.1 Å². The number of rotatable bonds is 9. The molecule has 0 aliphatic rings. The summed E-state index contributed by atoms with van der Waals surface area (Å²) >= 11 is 5.95. The second-order valence-corrected chi connectivity index (χ2v) is 8.12. The number of hydrogen-bond acceptors (Lipinski definition) is 7. The van der Waals surface area contributed by atoms with E-state index in [1.807, 2.05) is 72.8 Å². The molecule has 1 heterocycles. The molecule has 7 nitrogen and oxygen atoms in total. The van der Waals surface area contributed by atoms with Gasteiger partial charge in [0.05, 0.1) is 26.0 Å². The van der Waals surface area contributed by atoms with Crippen LogP contribution in [0.1, 0.15) is 16.8 Å². The van der Waals surface area contributed by atoms with Gasteiger partial charge in [-0.3, -0.25) is 0 Å². The summed E-state index contributed by atoms with van der Waals surface area (Å²) in [5.41, 5.74) is 17.5. The smallest absolute Gasteiger partial charge is 0.222 e. The van der Waals surface area contributed by atoms with Crippen LogP contribution >= 0.6 is 11.6 Å². The molecule has 0 radical (unpaired) electrons. The van der Waals surface area contributed by atoms with Crippen LogP contribution in [0.3, 0.4) is 0 Å². The van der Waals surface area contributed by atoms with E-state index < -0.39 is 0 Å². The fourth-order valence-corrected chi connectivity index (χ4v) is 3.64. The van der Waals surface area contributed by atoms with Gasteiger partial charge in [0.25, 0.3) is 0 Å². The number of hydrogen-bond donors (Lipinski definition) is 3. The normalized spacial score (nSPS) is 10.8. The lowest BCUT2D eigenvalue weighted by Gasteiger charge is -2.14. The summed E-state index contributed by atoms with van der Waals surface area (Å²) in [6.45, 7) is 1.35. The maximum atomic E-state index is 6.23. The molecule has 0 saturated carbocycles. The van der Waals surface area contributed by atoms with E-state index in [1.54, 1.807) is 7.11 Å². The Labute approximate surface area is 203 Å². The molecule has 0 saturated heterocycles. The Bertz CT molecular complexity index is 1230. The minimum absolute atomic E-state index is 0.116. The van der Waals surface area contributed by atoms with Crippen LogP contribution in [0.2, 0.25) is 5.02 Å². The van der Waals surface area contributed by atoms with Gasteiger partial charge in [-0.05, 0) is 53.1 Å². The Balaban J connectivity index is 1.45. The van der Waals surface area contributed by atoms with Crippen molar-refractivity contribution >= 4 is 29.1 Å². The van der Waals surface area contributed by atoms with Crippen molar-refractivity contribution in [2.75, 3.05) is 23.9 Å². The first-order valence-electron chi connectivity index (χ1n) is 10.7. The van der Waals surface area contributed by atoms with E-state index in [0.29, 0.717) is 30.2 Å². The fourth-order valence-electron chi connectivity index (χ4n) is 3.51. The van der Waals surface area contributed by atoms with Crippen LogP contribution in [0.15, 0.2) is 72.8 Å². The number of aromatic nitrogens is 2. The molecule has 1 aromatic heterocycles. The van der Waals surface area contributed by atoms with E-state index in [-0.39, 0.29) is 12.6 Å². The molecule has 34 heavy (non-hydrogen) atoms. The maximum Gasteiger partial charge on any atom is 0.222 e. The maximum absolute atomic E-state index is 6.23. The summed E-state index contributed by atoms with van der Waals surface area (Å²) in [6.07, 6.45) is 0. The molecule has 0 unspecified atom stereocenters. The summed E-state index contributed by atoms with van der Waals surface area (Å²) in [6, 6.07) is 23.4. The van der Waals surface area contributed by atoms with E-state index in [4.69, 9.17) is 32.5 Å². The molecule has 0 aliphatic heterocycles. The molecule has 0 atom stereocenters. The molecule has 0 aliphatic carbocycles. The molecular formula is C26H26ClN5O2. The average Bonchev–Trinajstić information content (AvgIpc) is 2.84. The van der Waals surface area contributed by atoms with Gasteiger partial charge < -0.3 is 26.3 Å². The first kappa shape index (κ1) is 23.4. The summed E-state index contributed by atoms with van der Waals surface area (Å²) < 4.78 is 11.1. The molecule has 0 bridgehead atoms. The van der Waals surface area contributed by atoms with Crippen molar-refractivity contribution in [1.29, 1.82) is 0 Å². The third-order valence-electron chi connectivity index (χ3n) is 5.28. The van der Waals surface area contributed by atoms with Crippen LogP contribution < -0.4 is 21.5 Å². The van der Waals surface area contributed by atoms with Gasteiger partial charge in [0.1, 0.15) is 11.6 Å². The Hall–Kier alpha value is -3.81. The number of anilines is 3. The summed E-state index contributed by atoms with van der Waals surface area (Å²) in [5.74, 6) is 1.23. The molecule has 0 spiro atoms. The highest BCUT2D eigenvalue weighted by Gasteiger charge is 2.14. The quantitative estimate of drug-likeness (QED) is 0.301. The van der Waals surface area contributed by atoms with Crippen molar-refractivity contribution in [1.82, 2.24) is 9.97 Å². The Kier molecular flexibility index (Phi) is 7.47. The standard InChI is InChI=1S/C26H26ClN5O2/c1-33-22-12-4-18(5-13-22)15-34-16-23-24(25(28)32-26(29)31-23)19-6-10-21(11-7-19)30-14-17-2-8-20(27)9-3-17/h2-13,30H,14-16H2,1H3,(H4,28,29,31,32). The van der Waals surface area contributed by atoms with Crippen molar-refractivity contribution in [2.24, 2.45) is 0 Å². The van der Waals surface area contributed by atoms with Gasteiger partial charge in [-0.25, -0.2) is 4.98 Å². The number of ether oxygens (including phenoxy) is 2. The molecular weight excluding hydrogens is 450 g/mol. The van der Waals surface area contributed by atoms with Gasteiger partial charge in [0, 0.05) is 22.8 Å². The van der Waals surface area contributed by atoms with E-state index in [1.165, 1.54) is 0 Å². The molecule has 5 N–H and O–H groups in total. The van der Waals surface area contributed by atoms with Gasteiger partial charge in [-0.1, -0.05) is 48.0 Å². The molecule has 8 heteroatoms. The second kappa shape index (κ2) is 10.9. The molecule has 0 fully saturated rings. The first-order chi connectivity index (χ1) is 16.5. The molecule has 0 amide bonds. The molecule has 4 rings (SSSR count). The lowest BCUT2D eigenvalue weighted by Crippen LogP contribution is -2.08. The lowest BCUT2D eigenvalue weighted by molar-refractivity contribution is 0.105. The van der Waals surface area contributed by atoms with Gasteiger partial charge in [0.15, 0.2) is 0 Å². The van der Waals surface area contributed by atoms with Crippen molar-refractivity contribution < 1.29 is 9.47 Å². The largest absolute Gasteiger partial charge is 0.497 e. The third kappa shape index (κ3) is 5.95. The van der Waals surface area contributed by atoms with Crippen LogP contribution in [0.5, 0.6) is 5.75 Å².